The maximum atomic E-state index is 13.6. The maximum absolute atomic E-state index is 13.6. The lowest BCUT2D eigenvalue weighted by molar-refractivity contribution is -0.162. The zero-order chi connectivity index (χ0) is 38.4. The lowest BCUT2D eigenvalue weighted by Crippen LogP contribution is -2.51. The predicted molar refractivity (Wildman–Crippen MR) is 202 cm³/mol. The fraction of sp³-hybridized carbons (Fsp3) is 0.364. The number of aliphatic hydroxyl groups excluding tert-OH is 2. The first kappa shape index (κ1) is 38.4. The molecule has 2 aliphatic rings. The molecule has 2 aliphatic carbocycles. The van der Waals surface area contributed by atoms with Gasteiger partial charge >= 0.3 is 11.9 Å². The molecule has 0 radical (unpaired) electrons. The summed E-state index contributed by atoms with van der Waals surface area (Å²) in [6.45, 7) is 0.930. The Morgan fingerprint density at radius 1 is 0.833 bits per heavy atom. The van der Waals surface area contributed by atoms with Crippen LogP contribution in [-0.4, -0.2) is 65.4 Å². The van der Waals surface area contributed by atoms with Gasteiger partial charge in [-0.15, -0.1) is 0 Å². The Hall–Kier alpha value is -5.32. The molecule has 0 amide bonds. The van der Waals surface area contributed by atoms with Crippen molar-refractivity contribution in [1.82, 2.24) is 0 Å². The van der Waals surface area contributed by atoms with Gasteiger partial charge in [0.1, 0.15) is 12.2 Å². The summed E-state index contributed by atoms with van der Waals surface area (Å²) in [6.07, 6.45) is 4.04. The summed E-state index contributed by atoms with van der Waals surface area (Å²) in [5.41, 5.74) is 3.90. The van der Waals surface area contributed by atoms with E-state index < -0.39 is 41.4 Å². The number of methoxy groups -OCH3 is 2. The van der Waals surface area contributed by atoms with Crippen LogP contribution < -0.4 is 9.47 Å². The molecule has 0 heterocycles. The number of esters is 2. The van der Waals surface area contributed by atoms with Crippen LogP contribution >= 0.6 is 0 Å². The Kier molecular flexibility index (Phi) is 11.9. The standard InChI is InChI=1S/C44H48O10/c1-27(47)53-40-22-34(54-43(50)17-29-10-7-11-30(16-29)25-45)18-33(31-12-13-38(48)41(20-31)51-2)24-44(15-14-28-8-5-4-6-9-28)36(40)19-32-21-42(52-3)39(49)23-35(32)37(44)26-46/h4-16,20-21,23,33-34,36-37,40,45-46,48-49H,17-19,22,24-26H2,1-3H3. The third-order valence-corrected chi connectivity index (χ3v) is 11.1. The molecule has 6 unspecified atom stereocenters. The fourth-order valence-electron chi connectivity index (χ4n) is 8.65. The number of phenols is 2. The minimum absolute atomic E-state index is 0.0172. The first-order valence-corrected chi connectivity index (χ1v) is 18.2. The second-order valence-corrected chi connectivity index (χ2v) is 14.3. The highest BCUT2D eigenvalue weighted by atomic mass is 16.6. The number of fused-ring (bicyclic) bond motifs is 2. The van der Waals surface area contributed by atoms with Crippen molar-refractivity contribution in [3.05, 3.63) is 124 Å². The molecule has 6 atom stereocenters. The van der Waals surface area contributed by atoms with Crippen molar-refractivity contribution in [1.29, 1.82) is 0 Å². The number of ether oxygens (including phenoxy) is 4. The van der Waals surface area contributed by atoms with Crippen molar-refractivity contribution >= 4 is 18.0 Å². The normalized spacial score (nSPS) is 23.7. The summed E-state index contributed by atoms with van der Waals surface area (Å²) < 4.78 is 23.5. The predicted octanol–water partition coefficient (Wildman–Crippen LogP) is 6.61. The number of benzene rings is 4. The van der Waals surface area contributed by atoms with Crippen LogP contribution in [0.25, 0.3) is 6.08 Å². The summed E-state index contributed by atoms with van der Waals surface area (Å²) in [5, 5.41) is 42.6. The van der Waals surface area contributed by atoms with E-state index in [-0.39, 0.29) is 43.5 Å². The third-order valence-electron chi connectivity index (χ3n) is 11.1. The quantitative estimate of drug-likeness (QED) is 0.124. The van der Waals surface area contributed by atoms with Gasteiger partial charge in [-0.25, -0.2) is 0 Å². The lowest BCUT2D eigenvalue weighted by Gasteiger charge is -2.54. The fourth-order valence-corrected chi connectivity index (χ4v) is 8.65. The molecule has 0 aromatic heterocycles. The monoisotopic (exact) mass is 736 g/mol. The molecule has 1 fully saturated rings. The van der Waals surface area contributed by atoms with Gasteiger partial charge in [-0.3, -0.25) is 9.59 Å². The van der Waals surface area contributed by atoms with E-state index >= 15 is 0 Å². The van der Waals surface area contributed by atoms with Gasteiger partial charge in [-0.1, -0.05) is 72.8 Å². The zero-order valence-corrected chi connectivity index (χ0v) is 30.8. The van der Waals surface area contributed by atoms with Crippen LogP contribution in [0.15, 0.2) is 91.0 Å². The average Bonchev–Trinajstić information content (AvgIpc) is 3.16. The first-order chi connectivity index (χ1) is 26.1. The average molecular weight is 737 g/mol. The molecule has 0 spiro atoms. The molecule has 10 heteroatoms. The van der Waals surface area contributed by atoms with Crippen LogP contribution in [0.5, 0.6) is 23.0 Å². The molecule has 0 aliphatic heterocycles. The van der Waals surface area contributed by atoms with E-state index in [0.29, 0.717) is 41.9 Å². The second-order valence-electron chi connectivity index (χ2n) is 14.3. The van der Waals surface area contributed by atoms with Gasteiger partial charge in [0.05, 0.1) is 33.9 Å². The minimum atomic E-state index is -0.867. The first-order valence-electron chi connectivity index (χ1n) is 18.2. The van der Waals surface area contributed by atoms with Crippen LogP contribution in [0.4, 0.5) is 0 Å². The number of carbonyl (C=O) groups is 2. The van der Waals surface area contributed by atoms with E-state index in [1.54, 1.807) is 48.5 Å². The van der Waals surface area contributed by atoms with E-state index in [0.717, 1.165) is 22.3 Å². The molecular weight excluding hydrogens is 688 g/mol. The van der Waals surface area contributed by atoms with E-state index in [4.69, 9.17) is 18.9 Å². The largest absolute Gasteiger partial charge is 0.504 e. The number of aliphatic hydroxyl groups is 2. The highest BCUT2D eigenvalue weighted by molar-refractivity contribution is 5.73. The van der Waals surface area contributed by atoms with Gasteiger partial charge in [0, 0.05) is 30.6 Å². The van der Waals surface area contributed by atoms with Gasteiger partial charge in [0.25, 0.3) is 0 Å². The molecule has 1 saturated carbocycles. The molecule has 54 heavy (non-hydrogen) atoms. The highest BCUT2D eigenvalue weighted by Crippen LogP contribution is 2.59. The second kappa shape index (κ2) is 16.8. The van der Waals surface area contributed by atoms with Crippen LogP contribution in [0, 0.1) is 11.3 Å². The molecule has 0 bridgehead atoms. The molecule has 4 aromatic carbocycles. The van der Waals surface area contributed by atoms with E-state index in [1.807, 2.05) is 42.5 Å². The van der Waals surface area contributed by atoms with Crippen molar-refractivity contribution in [2.75, 3.05) is 20.8 Å². The summed E-state index contributed by atoms with van der Waals surface area (Å²) >= 11 is 0. The lowest BCUT2D eigenvalue weighted by atomic mass is 9.52. The van der Waals surface area contributed by atoms with Crippen molar-refractivity contribution < 1.29 is 49.0 Å². The number of rotatable bonds is 11. The van der Waals surface area contributed by atoms with Crippen LogP contribution in [0.3, 0.4) is 0 Å². The summed E-state index contributed by atoms with van der Waals surface area (Å²) in [6, 6.07) is 25.6. The number of hydrogen-bond acceptors (Lipinski definition) is 10. The molecular formula is C44H48O10. The zero-order valence-electron chi connectivity index (χ0n) is 30.8. The Morgan fingerprint density at radius 2 is 1.57 bits per heavy atom. The third kappa shape index (κ3) is 8.25. The van der Waals surface area contributed by atoms with Gasteiger partial charge in [-0.2, -0.15) is 0 Å². The van der Waals surface area contributed by atoms with Crippen molar-refractivity contribution in [2.45, 2.75) is 69.7 Å². The van der Waals surface area contributed by atoms with Gasteiger partial charge in [0.15, 0.2) is 23.0 Å². The number of carbonyl (C=O) groups excluding carboxylic acids is 2. The number of hydrogen-bond donors (Lipinski definition) is 4. The number of allylic oxidation sites excluding steroid dienone is 1. The number of phenolic OH excluding ortho intramolecular Hbond substituents is 2. The number of aromatic hydroxyl groups is 2. The van der Waals surface area contributed by atoms with E-state index in [2.05, 4.69) is 6.08 Å². The van der Waals surface area contributed by atoms with Crippen molar-refractivity contribution in [3.63, 3.8) is 0 Å². The molecule has 6 rings (SSSR count). The highest BCUT2D eigenvalue weighted by Gasteiger charge is 2.54. The van der Waals surface area contributed by atoms with Gasteiger partial charge < -0.3 is 39.4 Å². The maximum Gasteiger partial charge on any atom is 0.310 e. The molecule has 0 saturated heterocycles. The molecule has 4 N–H and O–H groups in total. The van der Waals surface area contributed by atoms with Crippen molar-refractivity contribution in [3.8, 4) is 23.0 Å². The Balaban J connectivity index is 1.52. The van der Waals surface area contributed by atoms with Crippen LogP contribution in [0.2, 0.25) is 0 Å². The van der Waals surface area contributed by atoms with Crippen molar-refractivity contribution in [2.24, 2.45) is 11.3 Å². The molecule has 284 valence electrons. The smallest absolute Gasteiger partial charge is 0.310 e. The Bertz CT molecular complexity index is 1970. The van der Waals surface area contributed by atoms with E-state index in [1.165, 1.54) is 21.1 Å². The summed E-state index contributed by atoms with van der Waals surface area (Å²) in [4.78, 5) is 26.6. The molecule has 4 aromatic rings. The van der Waals surface area contributed by atoms with Gasteiger partial charge in [-0.05, 0) is 82.8 Å². The molecule has 10 nitrogen and oxygen atoms in total. The minimum Gasteiger partial charge on any atom is -0.504 e. The Morgan fingerprint density at radius 3 is 2.28 bits per heavy atom. The summed E-state index contributed by atoms with van der Waals surface area (Å²) in [5.74, 6) is -1.72. The summed E-state index contributed by atoms with van der Waals surface area (Å²) in [7, 11) is 2.96. The van der Waals surface area contributed by atoms with E-state index in [9.17, 15) is 30.0 Å². The SMILES string of the molecule is COc1cc(C2CC(OC(=O)Cc3cccc(CO)c3)CC(OC(C)=O)C3Cc4cc(OC)c(O)cc4C(CO)C3(C=Cc3ccccc3)C2)ccc1O. The Labute approximate surface area is 315 Å². The van der Waals surface area contributed by atoms with Crippen LogP contribution in [-0.2, 0) is 38.5 Å². The van der Waals surface area contributed by atoms with Gasteiger partial charge in [0.2, 0.25) is 0 Å². The van der Waals surface area contributed by atoms with Crippen LogP contribution in [0.1, 0.15) is 71.4 Å². The topological polar surface area (TPSA) is 152 Å².